The molecule has 3 rings (SSSR count). The zero-order valence-corrected chi connectivity index (χ0v) is 12.6. The lowest BCUT2D eigenvalue weighted by Gasteiger charge is -2.09. The van der Waals surface area contributed by atoms with Crippen molar-refractivity contribution in [3.8, 4) is 5.69 Å². The highest BCUT2D eigenvalue weighted by Crippen LogP contribution is 2.23. The third kappa shape index (κ3) is 2.08. The van der Waals surface area contributed by atoms with Gasteiger partial charge in [0.05, 0.1) is 5.88 Å². The van der Waals surface area contributed by atoms with Crippen molar-refractivity contribution < 1.29 is 0 Å². The maximum atomic E-state index is 6.05. The Labute approximate surface area is 123 Å². The first-order valence-electron chi connectivity index (χ1n) is 6.57. The summed E-state index contributed by atoms with van der Waals surface area (Å²) in [6.45, 7) is 6.23. The lowest BCUT2D eigenvalue weighted by atomic mass is 10.1. The Hall–Kier alpha value is -1.87. The van der Waals surface area contributed by atoms with Crippen molar-refractivity contribution >= 4 is 22.8 Å². The number of aryl methyl sites for hydroxylation is 3. The first-order chi connectivity index (χ1) is 9.60. The minimum absolute atomic E-state index is 0.363. The first kappa shape index (κ1) is 13.1. The summed E-state index contributed by atoms with van der Waals surface area (Å²) in [5, 5.41) is 0. The molecule has 2 aromatic heterocycles. The van der Waals surface area contributed by atoms with Crippen LogP contribution in [0.2, 0.25) is 0 Å². The number of benzene rings is 1. The number of fused-ring (bicyclic) bond motifs is 1. The molecular formula is C16H16ClN3. The Kier molecular flexibility index (Phi) is 3.22. The first-order valence-corrected chi connectivity index (χ1v) is 7.11. The van der Waals surface area contributed by atoms with Crippen LogP contribution in [0.3, 0.4) is 0 Å². The number of nitrogens with zero attached hydrogens (tertiary/aromatic N) is 3. The molecule has 0 aliphatic heterocycles. The zero-order valence-electron chi connectivity index (χ0n) is 11.8. The molecular weight excluding hydrogens is 270 g/mol. The Bertz CT molecular complexity index is 790. The van der Waals surface area contributed by atoms with Gasteiger partial charge in [0.25, 0.3) is 0 Å². The van der Waals surface area contributed by atoms with Gasteiger partial charge in [-0.2, -0.15) is 0 Å². The highest BCUT2D eigenvalue weighted by atomic mass is 35.5. The van der Waals surface area contributed by atoms with Crippen molar-refractivity contribution in [2.75, 3.05) is 0 Å². The Morgan fingerprint density at radius 3 is 2.60 bits per heavy atom. The molecule has 3 aromatic rings. The van der Waals surface area contributed by atoms with E-state index in [1.165, 1.54) is 11.1 Å². The van der Waals surface area contributed by atoms with Crippen LogP contribution in [0.4, 0.5) is 0 Å². The van der Waals surface area contributed by atoms with Crippen molar-refractivity contribution in [1.82, 2.24) is 14.5 Å². The van der Waals surface area contributed by atoms with Crippen LogP contribution in [0.25, 0.3) is 16.9 Å². The summed E-state index contributed by atoms with van der Waals surface area (Å²) in [5.74, 6) is 1.19. The van der Waals surface area contributed by atoms with Gasteiger partial charge in [-0.15, -0.1) is 11.6 Å². The largest absolute Gasteiger partial charge is 0.280 e. The smallest absolute Gasteiger partial charge is 0.164 e. The third-order valence-corrected chi connectivity index (χ3v) is 3.81. The van der Waals surface area contributed by atoms with Gasteiger partial charge in [-0.1, -0.05) is 6.07 Å². The molecule has 0 N–H and O–H groups in total. The SMILES string of the molecule is Cc1cnc2c(c1)nc(CCl)n2-c1ccc(C)c(C)c1. The molecule has 2 heterocycles. The predicted molar refractivity (Wildman–Crippen MR) is 82.6 cm³/mol. The van der Waals surface area contributed by atoms with E-state index in [1.54, 1.807) is 0 Å². The summed E-state index contributed by atoms with van der Waals surface area (Å²) in [7, 11) is 0. The van der Waals surface area contributed by atoms with Crippen LogP contribution in [-0.4, -0.2) is 14.5 Å². The van der Waals surface area contributed by atoms with Crippen molar-refractivity contribution in [3.05, 3.63) is 53.0 Å². The lowest BCUT2D eigenvalue weighted by molar-refractivity contribution is 0.966. The summed E-state index contributed by atoms with van der Waals surface area (Å²) in [6.07, 6.45) is 1.86. The molecule has 0 radical (unpaired) electrons. The van der Waals surface area contributed by atoms with Gasteiger partial charge >= 0.3 is 0 Å². The van der Waals surface area contributed by atoms with E-state index in [0.29, 0.717) is 5.88 Å². The number of imidazole rings is 1. The standard InChI is InChI=1S/C16H16ClN3/c1-10-6-14-16(18-9-10)20(15(8-17)19-14)13-5-4-11(2)12(3)7-13/h4-7,9H,8H2,1-3H3. The minimum atomic E-state index is 0.363. The molecule has 20 heavy (non-hydrogen) atoms. The molecule has 1 aromatic carbocycles. The summed E-state index contributed by atoms with van der Waals surface area (Å²) in [6, 6.07) is 8.38. The molecule has 0 aliphatic rings. The lowest BCUT2D eigenvalue weighted by Crippen LogP contribution is -2.01. The Morgan fingerprint density at radius 1 is 1.10 bits per heavy atom. The van der Waals surface area contributed by atoms with Gasteiger partial charge in [0.2, 0.25) is 0 Å². The molecule has 0 saturated heterocycles. The van der Waals surface area contributed by atoms with Crippen molar-refractivity contribution in [1.29, 1.82) is 0 Å². The second-order valence-corrected chi connectivity index (χ2v) is 5.39. The van der Waals surface area contributed by atoms with E-state index < -0.39 is 0 Å². The normalized spacial score (nSPS) is 11.2. The third-order valence-electron chi connectivity index (χ3n) is 3.57. The average Bonchev–Trinajstić information content (AvgIpc) is 2.79. The topological polar surface area (TPSA) is 30.7 Å². The van der Waals surface area contributed by atoms with E-state index in [2.05, 4.69) is 42.0 Å². The highest BCUT2D eigenvalue weighted by Gasteiger charge is 2.13. The van der Waals surface area contributed by atoms with Crippen LogP contribution in [0, 0.1) is 20.8 Å². The molecule has 102 valence electrons. The van der Waals surface area contributed by atoms with E-state index >= 15 is 0 Å². The van der Waals surface area contributed by atoms with Gasteiger partial charge in [-0.05, 0) is 55.7 Å². The Morgan fingerprint density at radius 2 is 1.90 bits per heavy atom. The molecule has 4 heteroatoms. The molecule has 0 saturated carbocycles. The fraction of sp³-hybridized carbons (Fsp3) is 0.250. The van der Waals surface area contributed by atoms with Gasteiger partial charge in [0.1, 0.15) is 11.3 Å². The van der Waals surface area contributed by atoms with E-state index in [9.17, 15) is 0 Å². The molecule has 0 atom stereocenters. The van der Waals surface area contributed by atoms with E-state index in [1.807, 2.05) is 23.8 Å². The van der Waals surface area contributed by atoms with Crippen molar-refractivity contribution in [2.45, 2.75) is 26.7 Å². The van der Waals surface area contributed by atoms with Gasteiger partial charge in [0.15, 0.2) is 5.65 Å². The summed E-state index contributed by atoms with van der Waals surface area (Å²) < 4.78 is 2.04. The van der Waals surface area contributed by atoms with E-state index in [-0.39, 0.29) is 0 Å². The summed E-state index contributed by atoms with van der Waals surface area (Å²) in [5.41, 5.74) is 6.42. The number of rotatable bonds is 2. The summed E-state index contributed by atoms with van der Waals surface area (Å²) in [4.78, 5) is 9.11. The Balaban J connectivity index is 2.30. The van der Waals surface area contributed by atoms with Crippen LogP contribution in [0.15, 0.2) is 30.5 Å². The summed E-state index contributed by atoms with van der Waals surface area (Å²) >= 11 is 6.05. The van der Waals surface area contributed by atoms with Crippen molar-refractivity contribution in [2.24, 2.45) is 0 Å². The molecule has 3 nitrogen and oxygen atoms in total. The molecule has 0 spiro atoms. The van der Waals surface area contributed by atoms with Crippen LogP contribution >= 0.6 is 11.6 Å². The van der Waals surface area contributed by atoms with Gasteiger partial charge in [-0.25, -0.2) is 9.97 Å². The quantitative estimate of drug-likeness (QED) is 0.664. The van der Waals surface area contributed by atoms with Gasteiger partial charge in [0, 0.05) is 11.9 Å². The van der Waals surface area contributed by atoms with Crippen molar-refractivity contribution in [3.63, 3.8) is 0 Å². The van der Waals surface area contributed by atoms with Crippen LogP contribution in [-0.2, 0) is 5.88 Å². The van der Waals surface area contributed by atoms with Crippen LogP contribution in [0.5, 0.6) is 0 Å². The maximum absolute atomic E-state index is 6.05. The number of halogens is 1. The van der Waals surface area contributed by atoms with Gasteiger partial charge in [-0.3, -0.25) is 4.57 Å². The fourth-order valence-corrected chi connectivity index (χ4v) is 2.52. The second-order valence-electron chi connectivity index (χ2n) is 5.12. The number of hydrogen-bond acceptors (Lipinski definition) is 2. The van der Waals surface area contributed by atoms with Crippen LogP contribution in [0.1, 0.15) is 22.5 Å². The number of pyridine rings is 1. The van der Waals surface area contributed by atoms with Crippen LogP contribution < -0.4 is 0 Å². The number of aromatic nitrogens is 3. The maximum Gasteiger partial charge on any atom is 0.164 e. The molecule has 0 bridgehead atoms. The highest BCUT2D eigenvalue weighted by molar-refractivity contribution is 6.16. The zero-order chi connectivity index (χ0) is 14.3. The average molecular weight is 286 g/mol. The second kappa shape index (κ2) is 4.91. The minimum Gasteiger partial charge on any atom is -0.280 e. The molecule has 0 fully saturated rings. The number of hydrogen-bond donors (Lipinski definition) is 0. The van der Waals surface area contributed by atoms with E-state index in [4.69, 9.17) is 11.6 Å². The predicted octanol–water partition coefficient (Wildman–Crippen LogP) is 4.08. The fourth-order valence-electron chi connectivity index (χ4n) is 2.34. The van der Waals surface area contributed by atoms with Gasteiger partial charge < -0.3 is 0 Å². The monoisotopic (exact) mass is 285 g/mol. The molecule has 0 unspecified atom stereocenters. The van der Waals surface area contributed by atoms with E-state index in [0.717, 1.165) is 28.2 Å². The molecule has 0 amide bonds. The number of alkyl halides is 1. The molecule has 0 aliphatic carbocycles.